The van der Waals surface area contributed by atoms with Crippen LogP contribution in [-0.4, -0.2) is 10.5 Å². The van der Waals surface area contributed by atoms with E-state index in [2.05, 4.69) is 10.6 Å². The van der Waals surface area contributed by atoms with Crippen LogP contribution in [0, 0.1) is 12.7 Å². The summed E-state index contributed by atoms with van der Waals surface area (Å²) in [4.78, 5) is 23.3. The highest BCUT2D eigenvalue weighted by molar-refractivity contribution is 6.20. The molecule has 0 saturated carbocycles. The molecule has 1 amide bonds. The predicted octanol–water partition coefficient (Wildman–Crippen LogP) is 2.14. The lowest BCUT2D eigenvalue weighted by Crippen LogP contribution is -2.34. The van der Waals surface area contributed by atoms with Gasteiger partial charge >= 0.3 is 0 Å². The van der Waals surface area contributed by atoms with Gasteiger partial charge in [0.25, 0.3) is 11.5 Å². The Labute approximate surface area is 114 Å². The highest BCUT2D eigenvalue weighted by atomic mass is 19.1. The van der Waals surface area contributed by atoms with Crippen LogP contribution >= 0.6 is 0 Å². The Hall–Kier alpha value is -2.63. The molecule has 20 heavy (non-hydrogen) atoms. The second-order valence-electron chi connectivity index (χ2n) is 4.74. The first kappa shape index (κ1) is 12.4. The number of halogens is 1. The first-order chi connectivity index (χ1) is 9.47. The SMILES string of the molecule is Cc1ccc(Nc2cc(=O)n(C)c3c2C(=O)N3)c(F)c1. The van der Waals surface area contributed by atoms with Gasteiger partial charge in [-0.1, -0.05) is 6.07 Å². The van der Waals surface area contributed by atoms with E-state index in [0.29, 0.717) is 17.1 Å². The Kier molecular flexibility index (Phi) is 2.60. The van der Waals surface area contributed by atoms with Gasteiger partial charge in [-0.25, -0.2) is 4.39 Å². The number of nitrogens with zero attached hydrogens (tertiary/aromatic N) is 1. The van der Waals surface area contributed by atoms with Crippen LogP contribution in [0.5, 0.6) is 0 Å². The number of amides is 1. The third-order valence-corrected chi connectivity index (χ3v) is 3.29. The number of fused-ring (bicyclic) bond motifs is 1. The molecule has 102 valence electrons. The molecule has 0 bridgehead atoms. The van der Waals surface area contributed by atoms with Crippen LogP contribution in [0.1, 0.15) is 15.9 Å². The van der Waals surface area contributed by atoms with Crippen LogP contribution < -0.4 is 16.2 Å². The van der Waals surface area contributed by atoms with Crippen molar-refractivity contribution in [2.24, 2.45) is 7.05 Å². The molecule has 3 rings (SSSR count). The molecule has 2 aromatic rings. The molecule has 0 aliphatic carbocycles. The molecule has 2 heterocycles. The molecule has 0 saturated heterocycles. The van der Waals surface area contributed by atoms with Crippen LogP contribution in [0.4, 0.5) is 21.6 Å². The third kappa shape index (κ3) is 1.77. The second kappa shape index (κ2) is 4.19. The Bertz CT molecular complexity index is 796. The topological polar surface area (TPSA) is 63.1 Å². The number of carbonyl (C=O) groups excluding carboxylic acids is 1. The lowest BCUT2D eigenvalue weighted by Gasteiger charge is -2.25. The zero-order chi connectivity index (χ0) is 14.4. The van der Waals surface area contributed by atoms with Crippen molar-refractivity contribution in [3.05, 3.63) is 51.6 Å². The van der Waals surface area contributed by atoms with Gasteiger partial charge in [0.15, 0.2) is 0 Å². The summed E-state index contributed by atoms with van der Waals surface area (Å²) >= 11 is 0. The minimum Gasteiger partial charge on any atom is -0.352 e. The first-order valence-electron chi connectivity index (χ1n) is 6.06. The number of rotatable bonds is 2. The van der Waals surface area contributed by atoms with E-state index in [1.807, 2.05) is 0 Å². The molecule has 1 aliphatic rings. The van der Waals surface area contributed by atoms with E-state index in [4.69, 9.17) is 0 Å². The molecule has 0 unspecified atom stereocenters. The lowest BCUT2D eigenvalue weighted by atomic mass is 10.1. The molecule has 0 atom stereocenters. The van der Waals surface area contributed by atoms with Gasteiger partial charge in [-0.2, -0.15) is 0 Å². The number of aromatic nitrogens is 1. The fourth-order valence-electron chi connectivity index (χ4n) is 2.15. The summed E-state index contributed by atoms with van der Waals surface area (Å²) < 4.78 is 15.2. The fourth-order valence-corrected chi connectivity index (χ4v) is 2.15. The van der Waals surface area contributed by atoms with E-state index in [9.17, 15) is 14.0 Å². The number of aryl methyl sites for hydroxylation is 1. The summed E-state index contributed by atoms with van der Waals surface area (Å²) in [6.07, 6.45) is 0. The first-order valence-corrected chi connectivity index (χ1v) is 6.06. The van der Waals surface area contributed by atoms with E-state index in [1.165, 1.54) is 16.7 Å². The van der Waals surface area contributed by atoms with E-state index in [1.54, 1.807) is 26.1 Å². The molecule has 1 aromatic heterocycles. The van der Waals surface area contributed by atoms with Gasteiger partial charge in [0.1, 0.15) is 17.2 Å². The van der Waals surface area contributed by atoms with Gasteiger partial charge in [-0.3, -0.25) is 14.2 Å². The summed E-state index contributed by atoms with van der Waals surface area (Å²) in [5.74, 6) is -0.276. The number of carbonyl (C=O) groups is 1. The zero-order valence-electron chi connectivity index (χ0n) is 11.0. The van der Waals surface area contributed by atoms with Crippen molar-refractivity contribution in [1.82, 2.24) is 4.57 Å². The lowest BCUT2D eigenvalue weighted by molar-refractivity contribution is 0.101. The van der Waals surface area contributed by atoms with Gasteiger partial charge in [0, 0.05) is 13.1 Å². The average Bonchev–Trinajstić information content (AvgIpc) is 2.37. The monoisotopic (exact) mass is 273 g/mol. The highest BCUT2D eigenvalue weighted by Gasteiger charge is 2.30. The number of anilines is 3. The van der Waals surface area contributed by atoms with Crippen molar-refractivity contribution >= 4 is 23.1 Å². The molecule has 6 heteroatoms. The van der Waals surface area contributed by atoms with Gasteiger partial charge in [0.05, 0.1) is 11.4 Å². The zero-order valence-corrected chi connectivity index (χ0v) is 11.0. The molecule has 5 nitrogen and oxygen atoms in total. The molecular weight excluding hydrogens is 261 g/mol. The minimum absolute atomic E-state index is 0.228. The van der Waals surface area contributed by atoms with Crippen LogP contribution in [0.2, 0.25) is 0 Å². The normalized spacial score (nSPS) is 12.4. The van der Waals surface area contributed by atoms with Crippen LogP contribution in [-0.2, 0) is 7.05 Å². The highest BCUT2D eigenvalue weighted by Crippen LogP contribution is 2.32. The number of hydrogen-bond donors (Lipinski definition) is 2. The largest absolute Gasteiger partial charge is 0.352 e. The molecule has 0 spiro atoms. The summed E-state index contributed by atoms with van der Waals surface area (Å²) in [6, 6.07) is 6.00. The smallest absolute Gasteiger partial charge is 0.262 e. The van der Waals surface area contributed by atoms with E-state index in [0.717, 1.165) is 5.56 Å². The standard InChI is InChI=1S/C14H12FN3O2/c1-7-3-4-9(8(15)5-7)16-10-6-11(19)18(2)13-12(10)14(20)17-13/h3-6,16H,1-2H3,(H,17,20). The quantitative estimate of drug-likeness (QED) is 0.881. The van der Waals surface area contributed by atoms with Gasteiger partial charge in [0.2, 0.25) is 0 Å². The van der Waals surface area contributed by atoms with Crippen LogP contribution in [0.15, 0.2) is 29.1 Å². The van der Waals surface area contributed by atoms with E-state index in [-0.39, 0.29) is 17.2 Å². The van der Waals surface area contributed by atoms with Crippen molar-refractivity contribution in [3.63, 3.8) is 0 Å². The number of nitrogens with one attached hydrogen (secondary N) is 2. The molecule has 0 fully saturated rings. The van der Waals surface area contributed by atoms with Crippen LogP contribution in [0.3, 0.4) is 0 Å². The number of hydrogen-bond acceptors (Lipinski definition) is 3. The van der Waals surface area contributed by atoms with Crippen molar-refractivity contribution in [1.29, 1.82) is 0 Å². The minimum atomic E-state index is -0.431. The van der Waals surface area contributed by atoms with Gasteiger partial charge in [-0.15, -0.1) is 0 Å². The van der Waals surface area contributed by atoms with Gasteiger partial charge in [-0.05, 0) is 24.6 Å². The number of pyridine rings is 1. The van der Waals surface area contributed by atoms with E-state index < -0.39 is 5.82 Å². The average molecular weight is 273 g/mol. The summed E-state index contributed by atoms with van der Waals surface area (Å²) in [5.41, 5.74) is 1.42. The maximum atomic E-state index is 13.8. The Morgan fingerprint density at radius 2 is 1.95 bits per heavy atom. The summed E-state index contributed by atoms with van der Waals surface area (Å²) in [5, 5.41) is 5.34. The van der Waals surface area contributed by atoms with Gasteiger partial charge < -0.3 is 10.6 Å². The van der Waals surface area contributed by atoms with Crippen molar-refractivity contribution < 1.29 is 9.18 Å². The predicted molar refractivity (Wildman–Crippen MR) is 74.1 cm³/mol. The fraction of sp³-hybridized carbons (Fsp3) is 0.143. The Balaban J connectivity index is 2.08. The molecule has 1 aromatic carbocycles. The van der Waals surface area contributed by atoms with E-state index >= 15 is 0 Å². The summed E-state index contributed by atoms with van der Waals surface area (Å²) in [6.45, 7) is 1.78. The second-order valence-corrected chi connectivity index (χ2v) is 4.74. The maximum Gasteiger partial charge on any atom is 0.262 e. The summed E-state index contributed by atoms with van der Waals surface area (Å²) in [7, 11) is 1.57. The van der Waals surface area contributed by atoms with Crippen molar-refractivity contribution in [3.8, 4) is 0 Å². The third-order valence-electron chi connectivity index (χ3n) is 3.29. The van der Waals surface area contributed by atoms with Crippen molar-refractivity contribution in [2.75, 3.05) is 10.6 Å². The maximum absolute atomic E-state index is 13.8. The Morgan fingerprint density at radius 3 is 2.60 bits per heavy atom. The van der Waals surface area contributed by atoms with Crippen LogP contribution in [0.25, 0.3) is 0 Å². The van der Waals surface area contributed by atoms with Crippen molar-refractivity contribution in [2.45, 2.75) is 6.92 Å². The molecule has 0 radical (unpaired) electrons. The molecule has 1 aliphatic heterocycles. The molecule has 2 N–H and O–H groups in total. The number of benzene rings is 1. The molecular formula is C14H12FN3O2. The Morgan fingerprint density at radius 1 is 1.20 bits per heavy atom.